The first-order chi connectivity index (χ1) is 14.0. The second-order valence-electron chi connectivity index (χ2n) is 8.53. The fourth-order valence-electron chi connectivity index (χ4n) is 4.60. The van der Waals surface area contributed by atoms with E-state index in [1.165, 1.54) is 6.42 Å². The maximum absolute atomic E-state index is 12.6. The van der Waals surface area contributed by atoms with Gasteiger partial charge in [-0.3, -0.25) is 4.79 Å². The molecule has 1 aromatic carbocycles. The lowest BCUT2D eigenvalue weighted by atomic mass is 9.97. The predicted molar refractivity (Wildman–Crippen MR) is 109 cm³/mol. The molecule has 2 aromatic rings. The molecule has 7 heteroatoms. The lowest BCUT2D eigenvalue weighted by molar-refractivity contribution is -0.139. The van der Waals surface area contributed by atoms with E-state index in [2.05, 4.69) is 24.0 Å². The highest BCUT2D eigenvalue weighted by Crippen LogP contribution is 2.35. The molecule has 2 aliphatic rings. The highest BCUT2D eigenvalue weighted by Gasteiger charge is 2.36. The van der Waals surface area contributed by atoms with E-state index in [0.29, 0.717) is 17.5 Å². The molecule has 2 N–H and O–H groups in total. The van der Waals surface area contributed by atoms with Gasteiger partial charge in [0.2, 0.25) is 0 Å². The van der Waals surface area contributed by atoms with Crippen LogP contribution in [0.5, 0.6) is 5.75 Å². The molecule has 1 aromatic heterocycles. The van der Waals surface area contributed by atoms with Crippen LogP contribution in [-0.2, 0) is 10.3 Å². The third-order valence-electron chi connectivity index (χ3n) is 6.31. The number of likely N-dealkylation sites (tertiary alicyclic amines) is 1. The summed E-state index contributed by atoms with van der Waals surface area (Å²) in [5, 5.41) is 4.10. The van der Waals surface area contributed by atoms with Gasteiger partial charge in [0.05, 0.1) is 5.54 Å². The van der Waals surface area contributed by atoms with E-state index < -0.39 is 5.54 Å². The number of ether oxygens (including phenoxy) is 1. The quantitative estimate of drug-likeness (QED) is 0.826. The van der Waals surface area contributed by atoms with Gasteiger partial charge in [-0.15, -0.1) is 0 Å². The number of nitrogens with two attached hydrogens (primary N) is 1. The van der Waals surface area contributed by atoms with E-state index in [-0.39, 0.29) is 24.6 Å². The van der Waals surface area contributed by atoms with E-state index >= 15 is 0 Å². The molecule has 156 valence electrons. The first-order valence-corrected chi connectivity index (χ1v) is 10.6. The largest absolute Gasteiger partial charge is 0.484 e. The molecule has 2 fully saturated rings. The van der Waals surface area contributed by atoms with E-state index in [1.54, 1.807) is 0 Å². The van der Waals surface area contributed by atoms with Crippen LogP contribution in [-0.4, -0.2) is 39.6 Å². The molecule has 1 aliphatic heterocycles. The number of nitrogens with zero attached hydrogens (tertiary/aromatic N) is 3. The van der Waals surface area contributed by atoms with Crippen molar-refractivity contribution in [1.29, 1.82) is 0 Å². The van der Waals surface area contributed by atoms with Crippen molar-refractivity contribution in [2.75, 3.05) is 6.61 Å². The lowest BCUT2D eigenvalue weighted by Gasteiger charge is -2.38. The monoisotopic (exact) mass is 398 g/mol. The van der Waals surface area contributed by atoms with Crippen LogP contribution in [0.3, 0.4) is 0 Å². The summed E-state index contributed by atoms with van der Waals surface area (Å²) in [6, 6.07) is 7.92. The van der Waals surface area contributed by atoms with Crippen LogP contribution in [0.2, 0.25) is 0 Å². The maximum atomic E-state index is 12.6. The van der Waals surface area contributed by atoms with Gasteiger partial charge in [-0.25, -0.2) is 0 Å². The summed E-state index contributed by atoms with van der Waals surface area (Å²) < 4.78 is 11.2. The van der Waals surface area contributed by atoms with Crippen molar-refractivity contribution in [3.63, 3.8) is 0 Å². The topological polar surface area (TPSA) is 94.5 Å². The van der Waals surface area contributed by atoms with Crippen molar-refractivity contribution in [2.24, 2.45) is 5.73 Å². The third kappa shape index (κ3) is 4.15. The van der Waals surface area contributed by atoms with Crippen molar-refractivity contribution in [3.8, 4) is 17.2 Å². The van der Waals surface area contributed by atoms with Crippen LogP contribution < -0.4 is 10.5 Å². The smallest absolute Gasteiger partial charge is 0.260 e. The van der Waals surface area contributed by atoms with E-state index in [1.807, 2.05) is 29.2 Å². The van der Waals surface area contributed by atoms with Crippen molar-refractivity contribution in [2.45, 2.75) is 76.4 Å². The summed E-state index contributed by atoms with van der Waals surface area (Å²) in [6.07, 6.45) is 7.27. The van der Waals surface area contributed by atoms with Crippen molar-refractivity contribution in [1.82, 2.24) is 15.0 Å². The van der Waals surface area contributed by atoms with Crippen LogP contribution in [0.25, 0.3) is 11.5 Å². The third-order valence-corrected chi connectivity index (χ3v) is 6.31. The molecule has 2 atom stereocenters. The van der Waals surface area contributed by atoms with Gasteiger partial charge in [-0.1, -0.05) is 18.0 Å². The molecule has 1 saturated carbocycles. The molecule has 4 rings (SSSR count). The summed E-state index contributed by atoms with van der Waals surface area (Å²) in [7, 11) is 0. The Morgan fingerprint density at radius 3 is 2.48 bits per heavy atom. The number of rotatable bonds is 5. The number of piperidine rings is 1. The molecule has 1 saturated heterocycles. The van der Waals surface area contributed by atoms with Gasteiger partial charge < -0.3 is 19.9 Å². The van der Waals surface area contributed by atoms with Crippen LogP contribution >= 0.6 is 0 Å². The Labute approximate surface area is 171 Å². The summed E-state index contributed by atoms with van der Waals surface area (Å²) in [6.45, 7) is 4.27. The number of carbonyl (C=O) groups is 1. The zero-order valence-electron chi connectivity index (χ0n) is 17.3. The van der Waals surface area contributed by atoms with Gasteiger partial charge >= 0.3 is 0 Å². The summed E-state index contributed by atoms with van der Waals surface area (Å²) >= 11 is 0. The summed E-state index contributed by atoms with van der Waals surface area (Å²) in [5.41, 5.74) is 6.75. The number of hydrogen-bond acceptors (Lipinski definition) is 6. The van der Waals surface area contributed by atoms with Gasteiger partial charge in [0.1, 0.15) is 5.75 Å². The van der Waals surface area contributed by atoms with Crippen LogP contribution in [0.1, 0.15) is 64.6 Å². The standard InChI is InChI=1S/C22H30N4O3/c1-15-6-5-7-16(2)26(15)19(27)14-28-18-10-8-17(9-11-18)20-24-21(25-29-20)22(23)12-3-4-13-22/h8-11,15-16H,3-7,12-14,23H2,1-2H3. The van der Waals surface area contributed by atoms with Crippen molar-refractivity contribution in [3.05, 3.63) is 30.1 Å². The van der Waals surface area contributed by atoms with E-state index in [0.717, 1.165) is 44.1 Å². The van der Waals surface area contributed by atoms with Gasteiger partial charge in [0.15, 0.2) is 12.4 Å². The second kappa shape index (κ2) is 8.14. The van der Waals surface area contributed by atoms with E-state index in [9.17, 15) is 4.79 Å². The maximum Gasteiger partial charge on any atom is 0.260 e. The molecule has 2 heterocycles. The molecule has 29 heavy (non-hydrogen) atoms. The zero-order valence-corrected chi connectivity index (χ0v) is 17.3. The summed E-state index contributed by atoms with van der Waals surface area (Å²) in [5.74, 6) is 1.72. The molecule has 2 unspecified atom stereocenters. The number of carbonyl (C=O) groups excluding carboxylic acids is 1. The summed E-state index contributed by atoms with van der Waals surface area (Å²) in [4.78, 5) is 19.1. The van der Waals surface area contributed by atoms with Gasteiger partial charge in [0, 0.05) is 17.6 Å². The van der Waals surface area contributed by atoms with Gasteiger partial charge in [-0.2, -0.15) is 4.98 Å². The lowest BCUT2D eigenvalue weighted by Crippen LogP contribution is -2.49. The Bertz CT molecular complexity index is 832. The Morgan fingerprint density at radius 2 is 1.83 bits per heavy atom. The number of amides is 1. The number of hydrogen-bond donors (Lipinski definition) is 1. The van der Waals surface area contributed by atoms with Crippen LogP contribution in [0.15, 0.2) is 28.8 Å². The normalized spacial score (nSPS) is 23.9. The highest BCUT2D eigenvalue weighted by molar-refractivity contribution is 5.78. The van der Waals surface area contributed by atoms with Crippen LogP contribution in [0, 0.1) is 0 Å². The SMILES string of the molecule is CC1CCCC(C)N1C(=O)COc1ccc(-c2nc(C3(N)CCCC3)no2)cc1. The fourth-order valence-corrected chi connectivity index (χ4v) is 4.60. The minimum atomic E-state index is -0.464. The average Bonchev–Trinajstić information content (AvgIpc) is 3.37. The Kier molecular flexibility index (Phi) is 5.58. The first-order valence-electron chi connectivity index (χ1n) is 10.6. The molecule has 0 radical (unpaired) electrons. The van der Waals surface area contributed by atoms with Crippen molar-refractivity contribution >= 4 is 5.91 Å². The predicted octanol–water partition coefficient (Wildman–Crippen LogP) is 3.63. The fraction of sp³-hybridized carbons (Fsp3) is 0.591. The Balaban J connectivity index is 1.37. The second-order valence-corrected chi connectivity index (χ2v) is 8.53. The zero-order chi connectivity index (χ0) is 20.4. The van der Waals surface area contributed by atoms with Crippen molar-refractivity contribution < 1.29 is 14.1 Å². The molecule has 1 amide bonds. The number of benzene rings is 1. The number of aromatic nitrogens is 2. The minimum Gasteiger partial charge on any atom is -0.484 e. The Hall–Kier alpha value is -2.41. The van der Waals surface area contributed by atoms with Crippen LogP contribution in [0.4, 0.5) is 0 Å². The molecule has 0 spiro atoms. The molecule has 7 nitrogen and oxygen atoms in total. The van der Waals surface area contributed by atoms with Gasteiger partial charge in [0.25, 0.3) is 11.8 Å². The molecular formula is C22H30N4O3. The average molecular weight is 399 g/mol. The minimum absolute atomic E-state index is 0.0418. The van der Waals surface area contributed by atoms with E-state index in [4.69, 9.17) is 15.0 Å². The molecule has 0 bridgehead atoms. The first kappa shape index (κ1) is 19.9. The molecular weight excluding hydrogens is 368 g/mol. The Morgan fingerprint density at radius 1 is 1.17 bits per heavy atom. The van der Waals surface area contributed by atoms with Gasteiger partial charge in [-0.05, 0) is 70.2 Å². The highest BCUT2D eigenvalue weighted by atomic mass is 16.5. The molecule has 1 aliphatic carbocycles.